The first-order chi connectivity index (χ1) is 8.76. The monoisotopic (exact) mass is 282 g/mol. The van der Waals surface area contributed by atoms with Crippen molar-refractivity contribution in [2.24, 2.45) is 5.73 Å². The first-order valence-electron chi connectivity index (χ1n) is 5.77. The Balaban J connectivity index is 2.52. The molecule has 19 heavy (non-hydrogen) atoms. The molecule has 0 aliphatic heterocycles. The molecule has 0 radical (unpaired) electrons. The molecule has 0 aliphatic rings. The molecule has 0 heterocycles. The van der Waals surface area contributed by atoms with Crippen molar-refractivity contribution >= 4 is 29.4 Å². The molecule has 0 fully saturated rings. The molecule has 0 spiro atoms. The van der Waals surface area contributed by atoms with Crippen LogP contribution in [-0.2, 0) is 9.53 Å². The van der Waals surface area contributed by atoms with Gasteiger partial charge in [0.1, 0.15) is 5.60 Å². The highest BCUT2D eigenvalue weighted by atomic mass is 32.2. The first-order valence-corrected chi connectivity index (χ1v) is 6.76. The lowest BCUT2D eigenvalue weighted by molar-refractivity contribution is -0.115. The van der Waals surface area contributed by atoms with E-state index in [1.54, 1.807) is 45.0 Å². The van der Waals surface area contributed by atoms with E-state index in [2.05, 4.69) is 5.32 Å². The fraction of sp³-hybridized carbons (Fsp3) is 0.385. The Kier molecular flexibility index (Phi) is 5.23. The zero-order valence-corrected chi connectivity index (χ0v) is 12.0. The van der Waals surface area contributed by atoms with Gasteiger partial charge in [-0.3, -0.25) is 10.1 Å². The van der Waals surface area contributed by atoms with Crippen molar-refractivity contribution in [1.82, 2.24) is 0 Å². The van der Waals surface area contributed by atoms with Crippen molar-refractivity contribution in [3.8, 4) is 0 Å². The van der Waals surface area contributed by atoms with Crippen LogP contribution >= 0.6 is 11.8 Å². The lowest BCUT2D eigenvalue weighted by atomic mass is 10.2. The number of benzene rings is 1. The van der Waals surface area contributed by atoms with Crippen LogP contribution in [0.4, 0.5) is 10.5 Å². The summed E-state index contributed by atoms with van der Waals surface area (Å²) in [6.07, 6.45) is -0.495. The summed E-state index contributed by atoms with van der Waals surface area (Å²) in [4.78, 5) is 23.1. The summed E-state index contributed by atoms with van der Waals surface area (Å²) in [5, 5.41) is 2.63. The van der Waals surface area contributed by atoms with Crippen molar-refractivity contribution < 1.29 is 14.3 Å². The highest BCUT2D eigenvalue weighted by Gasteiger charge is 2.16. The lowest BCUT2D eigenvalue weighted by Crippen LogP contribution is -2.27. The maximum atomic E-state index is 11.5. The maximum Gasteiger partial charge on any atom is 0.412 e. The summed E-state index contributed by atoms with van der Waals surface area (Å²) < 4.78 is 5.13. The number of hydrogen-bond acceptors (Lipinski definition) is 4. The van der Waals surface area contributed by atoms with E-state index in [0.29, 0.717) is 5.69 Å². The number of rotatable bonds is 4. The molecule has 0 unspecified atom stereocenters. The Morgan fingerprint density at radius 2 is 1.84 bits per heavy atom. The summed E-state index contributed by atoms with van der Waals surface area (Å²) in [5.74, 6) is -0.125. The molecular formula is C13H18N2O3S. The van der Waals surface area contributed by atoms with Gasteiger partial charge in [0.15, 0.2) is 0 Å². The molecule has 0 aromatic heterocycles. The third kappa shape index (κ3) is 6.71. The van der Waals surface area contributed by atoms with Crippen LogP contribution in [0, 0.1) is 0 Å². The molecule has 0 bridgehead atoms. The van der Waals surface area contributed by atoms with Crippen LogP contribution in [0.5, 0.6) is 0 Å². The van der Waals surface area contributed by atoms with Crippen molar-refractivity contribution in [2.75, 3.05) is 11.1 Å². The van der Waals surface area contributed by atoms with E-state index < -0.39 is 11.7 Å². The van der Waals surface area contributed by atoms with Gasteiger partial charge in [-0.1, -0.05) is 0 Å². The number of ether oxygens (including phenoxy) is 1. The topological polar surface area (TPSA) is 81.4 Å². The van der Waals surface area contributed by atoms with E-state index in [9.17, 15) is 9.59 Å². The van der Waals surface area contributed by atoms with E-state index in [1.165, 1.54) is 11.8 Å². The van der Waals surface area contributed by atoms with Crippen molar-refractivity contribution in [1.29, 1.82) is 0 Å². The quantitative estimate of drug-likeness (QED) is 0.832. The van der Waals surface area contributed by atoms with Gasteiger partial charge in [-0.15, -0.1) is 11.8 Å². The SMILES string of the molecule is CC(C)(C)OC(=O)Nc1ccc(SCC(N)=O)cc1. The second kappa shape index (κ2) is 6.47. The van der Waals surface area contributed by atoms with Crippen LogP contribution in [0.25, 0.3) is 0 Å². The molecular weight excluding hydrogens is 264 g/mol. The lowest BCUT2D eigenvalue weighted by Gasteiger charge is -2.19. The molecule has 3 N–H and O–H groups in total. The predicted molar refractivity (Wildman–Crippen MR) is 76.2 cm³/mol. The van der Waals surface area contributed by atoms with Gasteiger partial charge in [0.2, 0.25) is 5.91 Å². The Labute approximate surface area is 116 Å². The number of amides is 2. The van der Waals surface area contributed by atoms with Gasteiger partial charge in [0, 0.05) is 10.6 Å². The zero-order valence-electron chi connectivity index (χ0n) is 11.2. The number of nitrogens with two attached hydrogens (primary N) is 1. The van der Waals surface area contributed by atoms with Crippen molar-refractivity contribution in [3.05, 3.63) is 24.3 Å². The minimum absolute atomic E-state index is 0.235. The molecule has 5 nitrogen and oxygen atoms in total. The third-order valence-electron chi connectivity index (χ3n) is 1.88. The molecule has 0 atom stereocenters. The average molecular weight is 282 g/mol. The largest absolute Gasteiger partial charge is 0.444 e. The predicted octanol–water partition coefficient (Wildman–Crippen LogP) is 2.61. The second-order valence-corrected chi connectivity index (χ2v) is 5.96. The van der Waals surface area contributed by atoms with Gasteiger partial charge in [0.05, 0.1) is 5.75 Å². The number of nitrogens with one attached hydrogen (secondary N) is 1. The van der Waals surface area contributed by atoms with Gasteiger partial charge in [-0.05, 0) is 45.0 Å². The second-order valence-electron chi connectivity index (χ2n) is 4.91. The summed E-state index contributed by atoms with van der Waals surface area (Å²) >= 11 is 1.35. The van der Waals surface area contributed by atoms with E-state index in [4.69, 9.17) is 10.5 Å². The molecule has 0 aliphatic carbocycles. The summed E-state index contributed by atoms with van der Waals surface area (Å²) in [6.45, 7) is 5.41. The van der Waals surface area contributed by atoms with Gasteiger partial charge < -0.3 is 10.5 Å². The van der Waals surface area contributed by atoms with Crippen LogP contribution in [0.2, 0.25) is 0 Å². The standard InChI is InChI=1S/C13H18N2O3S/c1-13(2,3)18-12(17)15-9-4-6-10(7-5-9)19-8-11(14)16/h4-7H,8H2,1-3H3,(H2,14,16)(H,15,17). The zero-order chi connectivity index (χ0) is 14.5. The summed E-state index contributed by atoms with van der Waals surface area (Å²) in [6, 6.07) is 7.10. The first kappa shape index (κ1) is 15.4. The van der Waals surface area contributed by atoms with Crippen molar-refractivity contribution in [2.45, 2.75) is 31.3 Å². The minimum Gasteiger partial charge on any atom is -0.444 e. The minimum atomic E-state index is -0.526. The number of thioether (sulfide) groups is 1. The van der Waals surface area contributed by atoms with Crippen LogP contribution in [0.15, 0.2) is 29.2 Å². The van der Waals surface area contributed by atoms with Gasteiger partial charge in [-0.25, -0.2) is 4.79 Å². The molecule has 0 saturated carbocycles. The number of anilines is 1. The van der Waals surface area contributed by atoms with Crippen LogP contribution in [-0.4, -0.2) is 23.4 Å². The third-order valence-corrected chi connectivity index (χ3v) is 2.92. The Bertz CT molecular complexity index is 452. The summed E-state index contributed by atoms with van der Waals surface area (Å²) in [7, 11) is 0. The highest BCUT2D eigenvalue weighted by Crippen LogP contribution is 2.20. The number of carbonyl (C=O) groups is 2. The highest BCUT2D eigenvalue weighted by molar-refractivity contribution is 8.00. The van der Waals surface area contributed by atoms with Crippen molar-refractivity contribution in [3.63, 3.8) is 0 Å². The van der Waals surface area contributed by atoms with Crippen LogP contribution in [0.3, 0.4) is 0 Å². The molecule has 104 valence electrons. The smallest absolute Gasteiger partial charge is 0.412 e. The number of carbonyl (C=O) groups excluding carboxylic acids is 2. The molecule has 6 heteroatoms. The van der Waals surface area contributed by atoms with Gasteiger partial charge in [-0.2, -0.15) is 0 Å². The Morgan fingerprint density at radius 1 is 1.26 bits per heavy atom. The van der Waals surface area contributed by atoms with Crippen LogP contribution < -0.4 is 11.1 Å². The van der Waals surface area contributed by atoms with E-state index in [1.807, 2.05) is 0 Å². The van der Waals surface area contributed by atoms with Crippen LogP contribution in [0.1, 0.15) is 20.8 Å². The molecule has 1 aromatic rings. The molecule has 1 rings (SSSR count). The number of primary amides is 1. The van der Waals surface area contributed by atoms with E-state index >= 15 is 0 Å². The van der Waals surface area contributed by atoms with E-state index in [-0.39, 0.29) is 11.7 Å². The maximum absolute atomic E-state index is 11.5. The van der Waals surface area contributed by atoms with Gasteiger partial charge >= 0.3 is 6.09 Å². The Hall–Kier alpha value is -1.69. The normalized spacial score (nSPS) is 10.9. The number of hydrogen-bond donors (Lipinski definition) is 2. The summed E-state index contributed by atoms with van der Waals surface area (Å²) in [5.41, 5.74) is 5.17. The average Bonchev–Trinajstić information content (AvgIpc) is 2.25. The fourth-order valence-electron chi connectivity index (χ4n) is 1.21. The molecule has 2 amide bonds. The molecule has 0 saturated heterocycles. The Morgan fingerprint density at radius 3 is 2.32 bits per heavy atom. The van der Waals surface area contributed by atoms with E-state index in [0.717, 1.165) is 4.90 Å². The molecule has 1 aromatic carbocycles. The van der Waals surface area contributed by atoms with Gasteiger partial charge in [0.25, 0.3) is 0 Å². The fourth-order valence-corrected chi connectivity index (χ4v) is 1.85.